The summed E-state index contributed by atoms with van der Waals surface area (Å²) in [6, 6.07) is 0.0838. The van der Waals surface area contributed by atoms with E-state index >= 15 is 0 Å². The van der Waals surface area contributed by atoms with Crippen LogP contribution in [0.5, 0.6) is 6.01 Å². The topological polar surface area (TPSA) is 131 Å². The second kappa shape index (κ2) is 5.49. The van der Waals surface area contributed by atoms with Gasteiger partial charge in [-0.1, -0.05) is 0 Å². The van der Waals surface area contributed by atoms with Crippen LogP contribution in [-0.2, 0) is 7.05 Å². The maximum Gasteiger partial charge on any atom is 0.300 e. The van der Waals surface area contributed by atoms with Crippen molar-refractivity contribution in [3.63, 3.8) is 0 Å². The van der Waals surface area contributed by atoms with E-state index in [4.69, 9.17) is 9.84 Å². The molecule has 0 amide bonds. The number of hydrogen-bond acceptors (Lipinski definition) is 8. The summed E-state index contributed by atoms with van der Waals surface area (Å²) in [4.78, 5) is 23.9. The van der Waals surface area contributed by atoms with Gasteiger partial charge >= 0.3 is 6.01 Å². The van der Waals surface area contributed by atoms with Gasteiger partial charge < -0.3 is 20.1 Å². The van der Waals surface area contributed by atoms with E-state index in [2.05, 4.69) is 15.0 Å². The van der Waals surface area contributed by atoms with Crippen molar-refractivity contribution >= 4 is 11.2 Å². The largest absolute Gasteiger partial charge is 0.468 e. The molecule has 0 radical (unpaired) electrons. The number of rotatable bonds is 4. The minimum Gasteiger partial charge on any atom is -0.468 e. The Morgan fingerprint density at radius 3 is 2.70 bits per heavy atom. The van der Waals surface area contributed by atoms with Gasteiger partial charge in [0.15, 0.2) is 11.2 Å². The summed E-state index contributed by atoms with van der Waals surface area (Å²) in [7, 11) is 2.83. The highest BCUT2D eigenvalue weighted by molar-refractivity contribution is 5.68. The van der Waals surface area contributed by atoms with Gasteiger partial charge in [0.05, 0.1) is 25.6 Å². The number of aliphatic hydroxyl groups is 3. The zero-order valence-electron chi connectivity index (χ0n) is 10.9. The lowest BCUT2D eigenvalue weighted by atomic mass is 10.1. The first-order chi connectivity index (χ1) is 9.49. The number of nitrogens with zero attached hydrogens (tertiary/aromatic N) is 4. The number of methoxy groups -OCH3 is 1. The first-order valence-corrected chi connectivity index (χ1v) is 5.74. The molecule has 0 saturated carbocycles. The maximum absolute atomic E-state index is 12.1. The zero-order valence-corrected chi connectivity index (χ0v) is 10.9. The van der Waals surface area contributed by atoms with E-state index in [0.717, 1.165) is 4.57 Å². The molecule has 0 aromatic carbocycles. The molecule has 9 heteroatoms. The molecule has 2 aromatic heterocycles. The van der Waals surface area contributed by atoms with Crippen LogP contribution in [0.15, 0.2) is 11.0 Å². The second-order valence-corrected chi connectivity index (χ2v) is 4.12. The Morgan fingerprint density at radius 2 is 2.10 bits per heavy atom. The predicted molar refractivity (Wildman–Crippen MR) is 67.2 cm³/mol. The van der Waals surface area contributed by atoms with E-state index in [1.165, 1.54) is 20.4 Å². The van der Waals surface area contributed by atoms with Crippen LogP contribution < -0.4 is 10.3 Å². The number of ether oxygens (including phenoxy) is 1. The SMILES string of the molecule is COc1nc2ncc([C@H](O)[C@H](O)CO)nc2c(=O)n1C. The molecule has 3 N–H and O–H groups in total. The molecule has 108 valence electrons. The minimum atomic E-state index is -1.44. The van der Waals surface area contributed by atoms with Crippen LogP contribution in [0.3, 0.4) is 0 Å². The number of fused-ring (bicyclic) bond motifs is 1. The van der Waals surface area contributed by atoms with Crippen molar-refractivity contribution in [2.75, 3.05) is 13.7 Å². The lowest BCUT2D eigenvalue weighted by Gasteiger charge is -2.14. The van der Waals surface area contributed by atoms with Crippen LogP contribution in [0.25, 0.3) is 11.2 Å². The molecule has 9 nitrogen and oxygen atoms in total. The molecule has 2 atom stereocenters. The molecule has 0 aliphatic carbocycles. The van der Waals surface area contributed by atoms with Gasteiger partial charge in [-0.05, 0) is 0 Å². The van der Waals surface area contributed by atoms with Crippen LogP contribution in [0.4, 0.5) is 0 Å². The van der Waals surface area contributed by atoms with Crippen molar-refractivity contribution in [2.45, 2.75) is 12.2 Å². The van der Waals surface area contributed by atoms with E-state index in [9.17, 15) is 15.0 Å². The monoisotopic (exact) mass is 282 g/mol. The normalized spacial score (nSPS) is 14.2. The molecular weight excluding hydrogens is 268 g/mol. The van der Waals surface area contributed by atoms with Crippen LogP contribution in [0.2, 0.25) is 0 Å². The number of aliphatic hydroxyl groups excluding tert-OH is 3. The summed E-state index contributed by atoms with van der Waals surface area (Å²) >= 11 is 0. The number of aromatic nitrogens is 4. The minimum absolute atomic E-state index is 0.0249. The molecule has 0 bridgehead atoms. The van der Waals surface area contributed by atoms with Gasteiger partial charge in [-0.2, -0.15) is 4.98 Å². The second-order valence-electron chi connectivity index (χ2n) is 4.12. The van der Waals surface area contributed by atoms with E-state index in [0.29, 0.717) is 0 Å². The highest BCUT2D eigenvalue weighted by atomic mass is 16.5. The van der Waals surface area contributed by atoms with Gasteiger partial charge in [-0.15, -0.1) is 0 Å². The molecule has 0 fully saturated rings. The third kappa shape index (κ3) is 2.33. The summed E-state index contributed by atoms with van der Waals surface area (Å²) < 4.78 is 6.08. The van der Waals surface area contributed by atoms with Crippen LogP contribution in [-0.4, -0.2) is 54.7 Å². The van der Waals surface area contributed by atoms with E-state index < -0.39 is 24.4 Å². The lowest BCUT2D eigenvalue weighted by molar-refractivity contribution is -0.0173. The smallest absolute Gasteiger partial charge is 0.300 e. The van der Waals surface area contributed by atoms with E-state index in [1.54, 1.807) is 0 Å². The standard InChI is InChI=1S/C11H14N4O5/c1-15-10(19)7-9(14-11(15)20-2)12-3-5(13-7)8(18)6(17)4-16/h3,6,8,16-18H,4H2,1-2H3/t6-,8+/m1/s1. The van der Waals surface area contributed by atoms with Crippen molar-refractivity contribution in [3.05, 3.63) is 22.2 Å². The van der Waals surface area contributed by atoms with E-state index in [-0.39, 0.29) is 22.9 Å². The van der Waals surface area contributed by atoms with Crippen molar-refractivity contribution < 1.29 is 20.1 Å². The van der Waals surface area contributed by atoms with Crippen LogP contribution in [0.1, 0.15) is 11.8 Å². The summed E-state index contributed by atoms with van der Waals surface area (Å²) in [5, 5.41) is 27.9. The summed E-state index contributed by atoms with van der Waals surface area (Å²) in [6.07, 6.45) is -1.67. The van der Waals surface area contributed by atoms with Gasteiger partial charge in [0.2, 0.25) is 0 Å². The average molecular weight is 282 g/mol. The highest BCUT2D eigenvalue weighted by Gasteiger charge is 2.21. The average Bonchev–Trinajstić information content (AvgIpc) is 2.48. The first-order valence-electron chi connectivity index (χ1n) is 5.74. The molecule has 0 aliphatic heterocycles. The quantitative estimate of drug-likeness (QED) is 0.594. The van der Waals surface area contributed by atoms with Gasteiger partial charge in [0, 0.05) is 7.05 Å². The molecule has 2 rings (SSSR count). The molecule has 2 aromatic rings. The summed E-state index contributed by atoms with van der Waals surface area (Å²) in [5.41, 5.74) is -0.510. The molecule has 0 unspecified atom stereocenters. The Balaban J connectivity index is 2.60. The fraction of sp³-hybridized carbons (Fsp3) is 0.455. The fourth-order valence-electron chi connectivity index (χ4n) is 1.66. The molecular formula is C11H14N4O5. The summed E-state index contributed by atoms with van der Waals surface area (Å²) in [5.74, 6) is 0. The Bertz CT molecular complexity index is 686. The summed E-state index contributed by atoms with van der Waals surface area (Å²) in [6.45, 7) is -0.639. The van der Waals surface area contributed by atoms with Gasteiger partial charge in [0.1, 0.15) is 12.2 Å². The van der Waals surface area contributed by atoms with Crippen molar-refractivity contribution in [3.8, 4) is 6.01 Å². The first kappa shape index (κ1) is 14.3. The maximum atomic E-state index is 12.1. The lowest BCUT2D eigenvalue weighted by Crippen LogP contribution is -2.25. The van der Waals surface area contributed by atoms with Gasteiger partial charge in [0.25, 0.3) is 5.56 Å². The van der Waals surface area contributed by atoms with Gasteiger partial charge in [-0.25, -0.2) is 9.97 Å². The predicted octanol–water partition coefficient (Wildman–Crippen LogP) is -1.88. The third-order valence-corrected chi connectivity index (χ3v) is 2.80. The van der Waals surface area contributed by atoms with Crippen LogP contribution in [0, 0.1) is 0 Å². The molecule has 0 spiro atoms. The van der Waals surface area contributed by atoms with Crippen LogP contribution >= 0.6 is 0 Å². The Hall–Kier alpha value is -2.10. The highest BCUT2D eigenvalue weighted by Crippen LogP contribution is 2.16. The molecule has 0 saturated heterocycles. The Labute approximate surface area is 113 Å². The third-order valence-electron chi connectivity index (χ3n) is 2.80. The van der Waals surface area contributed by atoms with Crippen molar-refractivity contribution in [1.82, 2.24) is 19.5 Å². The molecule has 2 heterocycles. The molecule has 20 heavy (non-hydrogen) atoms. The Kier molecular flexibility index (Phi) is 3.93. The van der Waals surface area contributed by atoms with E-state index in [1.807, 2.05) is 0 Å². The Morgan fingerprint density at radius 1 is 1.40 bits per heavy atom. The van der Waals surface area contributed by atoms with Crippen molar-refractivity contribution in [1.29, 1.82) is 0 Å². The van der Waals surface area contributed by atoms with Gasteiger partial charge in [-0.3, -0.25) is 9.36 Å². The number of hydrogen-bond donors (Lipinski definition) is 3. The zero-order chi connectivity index (χ0) is 14.9. The molecule has 0 aliphatic rings. The van der Waals surface area contributed by atoms with Crippen molar-refractivity contribution in [2.24, 2.45) is 7.05 Å². The fourth-order valence-corrected chi connectivity index (χ4v) is 1.66.